The van der Waals surface area contributed by atoms with E-state index < -0.39 is 6.52 Å². The zero-order chi connectivity index (χ0) is 11.8. The number of benzene rings is 1. The Labute approximate surface area is 90.7 Å². The summed E-state index contributed by atoms with van der Waals surface area (Å²) in [7, 11) is 0. The van der Waals surface area contributed by atoms with Crippen LogP contribution in [0.2, 0.25) is 0 Å². The molecule has 1 unspecified atom stereocenters. The summed E-state index contributed by atoms with van der Waals surface area (Å²) in [6.45, 7) is 0.432. The average molecular weight is 206 g/mol. The molecule has 0 saturated heterocycles. The first-order valence-electron chi connectivity index (χ1n) is 5.94. The first-order chi connectivity index (χ1) is 8.22. The van der Waals surface area contributed by atoms with Gasteiger partial charge in [0.15, 0.2) is 17.6 Å². The van der Waals surface area contributed by atoms with Gasteiger partial charge in [0.2, 0.25) is 0 Å². The van der Waals surface area contributed by atoms with Crippen LogP contribution >= 0.6 is 0 Å². The minimum absolute atomic E-state index is 0.306. The number of nitrogens with zero attached hydrogens (tertiary/aromatic N) is 1. The van der Waals surface area contributed by atoms with Crippen molar-refractivity contribution in [2.24, 2.45) is 4.99 Å². The number of amidine groups is 1. The summed E-state index contributed by atoms with van der Waals surface area (Å²) in [6, 6.07) is 5.39. The van der Waals surface area contributed by atoms with Gasteiger partial charge in [-0.25, -0.2) is 0 Å². The van der Waals surface area contributed by atoms with Gasteiger partial charge in [-0.2, -0.15) is 0 Å². The van der Waals surface area contributed by atoms with Gasteiger partial charge in [0.1, 0.15) is 12.4 Å². The van der Waals surface area contributed by atoms with Gasteiger partial charge in [0.05, 0.1) is 9.26 Å². The molecular formula is C11H12N2O2. The van der Waals surface area contributed by atoms with Gasteiger partial charge in [0, 0.05) is 6.54 Å². The van der Waals surface area contributed by atoms with Crippen molar-refractivity contribution in [2.75, 3.05) is 19.7 Å². The van der Waals surface area contributed by atoms with E-state index in [2.05, 4.69) is 10.3 Å². The largest absolute Gasteiger partial charge is 0.485 e. The molecule has 78 valence electrons. The summed E-state index contributed by atoms with van der Waals surface area (Å²) in [5, 5.41) is 3.03. The molecule has 1 N–H and O–H groups in total. The molecule has 1 aromatic carbocycles. The van der Waals surface area contributed by atoms with E-state index in [1.54, 1.807) is 18.2 Å². The first kappa shape index (κ1) is 6.71. The molecule has 1 aromatic rings. The molecule has 15 heavy (non-hydrogen) atoms. The fourth-order valence-corrected chi connectivity index (χ4v) is 1.64. The van der Waals surface area contributed by atoms with Gasteiger partial charge >= 0.3 is 0 Å². The summed E-state index contributed by atoms with van der Waals surface area (Å²) < 4.78 is 26.3. The van der Waals surface area contributed by atoms with Crippen molar-refractivity contribution < 1.29 is 12.2 Å². The van der Waals surface area contributed by atoms with Crippen molar-refractivity contribution in [1.29, 1.82) is 0 Å². The molecule has 3 rings (SSSR count). The maximum absolute atomic E-state index is 7.53. The van der Waals surface area contributed by atoms with Gasteiger partial charge in [-0.15, -0.1) is 0 Å². The lowest BCUT2D eigenvalue weighted by Crippen LogP contribution is -2.42. The Morgan fingerprint density at radius 2 is 2.53 bits per heavy atom. The first-order valence-corrected chi connectivity index (χ1v) is 4.86. The Morgan fingerprint density at radius 3 is 3.40 bits per heavy atom. The quantitative estimate of drug-likeness (QED) is 0.740. The molecule has 4 heteroatoms. The maximum atomic E-state index is 7.53. The van der Waals surface area contributed by atoms with Crippen LogP contribution in [-0.4, -0.2) is 31.6 Å². The number of hydrogen-bond donors (Lipinski definition) is 1. The van der Waals surface area contributed by atoms with Crippen LogP contribution in [0.3, 0.4) is 0 Å². The molecular weight excluding hydrogens is 192 g/mol. The Morgan fingerprint density at radius 1 is 1.53 bits per heavy atom. The number of rotatable bonds is 1. The lowest BCUT2D eigenvalue weighted by atomic mass is 10.2. The van der Waals surface area contributed by atoms with Crippen molar-refractivity contribution in [1.82, 2.24) is 5.32 Å². The summed E-state index contributed by atoms with van der Waals surface area (Å²) in [5.74, 6) is 1.87. The molecule has 0 fully saturated rings. The third-order valence-electron chi connectivity index (χ3n) is 2.36. The second-order valence-corrected chi connectivity index (χ2v) is 3.37. The molecule has 2 aliphatic rings. The van der Waals surface area contributed by atoms with E-state index in [1.807, 2.05) is 0 Å². The third-order valence-corrected chi connectivity index (χ3v) is 2.36. The van der Waals surface area contributed by atoms with Gasteiger partial charge in [-0.3, -0.25) is 4.99 Å². The van der Waals surface area contributed by atoms with E-state index >= 15 is 0 Å². The van der Waals surface area contributed by atoms with Crippen molar-refractivity contribution in [2.45, 2.75) is 6.10 Å². The molecule has 2 heterocycles. The maximum Gasteiger partial charge on any atom is 0.189 e. The molecule has 2 atom stereocenters. The van der Waals surface area contributed by atoms with E-state index in [9.17, 15) is 0 Å². The van der Waals surface area contributed by atoms with Crippen molar-refractivity contribution in [3.8, 4) is 11.5 Å². The number of aliphatic imine (C=N–C) groups is 1. The van der Waals surface area contributed by atoms with Gasteiger partial charge in [-0.1, -0.05) is 12.1 Å². The zero-order valence-electron chi connectivity index (χ0n) is 10.1. The van der Waals surface area contributed by atoms with Crippen LogP contribution in [0, 0.1) is 0 Å². The van der Waals surface area contributed by atoms with Crippen LogP contribution in [0.1, 0.15) is 2.74 Å². The Bertz CT molecular complexity index is 479. The Balaban J connectivity index is 1.82. The highest BCUT2D eigenvalue weighted by Gasteiger charge is 2.26. The number of ether oxygens (including phenoxy) is 2. The Hall–Kier alpha value is -1.71. The predicted molar refractivity (Wildman–Crippen MR) is 56.7 cm³/mol. The highest BCUT2D eigenvalue weighted by atomic mass is 16.6. The van der Waals surface area contributed by atoms with Crippen LogP contribution in [0.4, 0.5) is 0 Å². The SMILES string of the molecule is [2H]c1ccc2c(c1)OC(C1=N[C@H]([2H])CN1)CO2. The van der Waals surface area contributed by atoms with E-state index in [0.717, 1.165) is 0 Å². The van der Waals surface area contributed by atoms with Gasteiger partial charge < -0.3 is 14.8 Å². The fourth-order valence-electron chi connectivity index (χ4n) is 1.64. The second kappa shape index (κ2) is 3.46. The second-order valence-electron chi connectivity index (χ2n) is 3.37. The van der Waals surface area contributed by atoms with Crippen LogP contribution < -0.4 is 14.8 Å². The molecule has 0 aromatic heterocycles. The molecule has 0 bridgehead atoms. The minimum atomic E-state index is -0.461. The zero-order valence-corrected chi connectivity index (χ0v) is 8.06. The van der Waals surface area contributed by atoms with Crippen LogP contribution in [0.25, 0.3) is 0 Å². The molecule has 0 aliphatic carbocycles. The number of nitrogens with one attached hydrogen (secondary N) is 1. The van der Waals surface area contributed by atoms with Crippen LogP contribution in [0.5, 0.6) is 11.5 Å². The van der Waals surface area contributed by atoms with Gasteiger partial charge in [0.25, 0.3) is 0 Å². The molecule has 4 nitrogen and oxygen atoms in total. The summed E-state index contributed by atoms with van der Waals surface area (Å²) >= 11 is 0. The highest BCUT2D eigenvalue weighted by molar-refractivity contribution is 5.88. The topological polar surface area (TPSA) is 42.8 Å². The number of hydrogen-bond acceptors (Lipinski definition) is 4. The van der Waals surface area contributed by atoms with E-state index in [0.29, 0.717) is 36.5 Å². The van der Waals surface area contributed by atoms with Crippen molar-refractivity contribution in [3.63, 3.8) is 0 Å². The number of fused-ring (bicyclic) bond motifs is 1. The highest BCUT2D eigenvalue weighted by Crippen LogP contribution is 2.31. The molecule has 0 spiro atoms. The summed E-state index contributed by atoms with van der Waals surface area (Å²) in [6.07, 6.45) is -0.306. The minimum Gasteiger partial charge on any atom is -0.485 e. The van der Waals surface area contributed by atoms with E-state index in [4.69, 9.17) is 12.2 Å². The normalized spacial score (nSPS) is 30.0. The molecule has 0 radical (unpaired) electrons. The summed E-state index contributed by atoms with van der Waals surface area (Å²) in [4.78, 5) is 4.13. The average Bonchev–Trinajstić information content (AvgIpc) is 2.75. The van der Waals surface area contributed by atoms with Crippen molar-refractivity contribution in [3.05, 3.63) is 24.2 Å². The number of para-hydroxylation sites is 2. The molecule has 0 amide bonds. The van der Waals surface area contributed by atoms with Crippen LogP contribution in [-0.2, 0) is 0 Å². The van der Waals surface area contributed by atoms with Crippen LogP contribution in [0.15, 0.2) is 29.2 Å². The van der Waals surface area contributed by atoms with E-state index in [1.165, 1.54) is 0 Å². The summed E-state index contributed by atoms with van der Waals surface area (Å²) in [5.41, 5.74) is 0. The standard InChI is InChI=1S/C11H12N2O2/c1-2-4-9-8(3-1)14-7-10(15-9)11-12-5-6-13-11/h1-4,10H,5-7H2,(H,12,13)/i2D,5D/t5-,10?/m1/s1. The van der Waals surface area contributed by atoms with Crippen molar-refractivity contribution >= 4 is 5.84 Å². The monoisotopic (exact) mass is 206 g/mol. The Kier molecular flexibility index (Phi) is 1.55. The molecule has 2 aliphatic heterocycles. The lowest BCUT2D eigenvalue weighted by molar-refractivity contribution is 0.133. The smallest absolute Gasteiger partial charge is 0.189 e. The molecule has 0 saturated carbocycles. The van der Waals surface area contributed by atoms with E-state index in [-0.39, 0.29) is 6.10 Å². The predicted octanol–water partition coefficient (Wildman–Crippen LogP) is 0.828. The third kappa shape index (κ3) is 1.52. The van der Waals surface area contributed by atoms with Gasteiger partial charge in [-0.05, 0) is 12.1 Å². The lowest BCUT2D eigenvalue weighted by Gasteiger charge is -2.26. The fraction of sp³-hybridized carbons (Fsp3) is 0.364.